The summed E-state index contributed by atoms with van der Waals surface area (Å²) in [6.45, 7) is 1.70. The SMILES string of the molecule is CC(Nc1ccc([N+](=O)[O-])cc1[N+](=O)[O-])c1noc(-c2ccccc2)n1. The Morgan fingerprint density at radius 1 is 1.08 bits per heavy atom. The number of anilines is 1. The van der Waals surface area contributed by atoms with Crippen LogP contribution in [0.3, 0.4) is 0 Å². The van der Waals surface area contributed by atoms with Crippen molar-refractivity contribution in [3.8, 4) is 11.5 Å². The summed E-state index contributed by atoms with van der Waals surface area (Å²) in [6.07, 6.45) is 0. The fourth-order valence-electron chi connectivity index (χ4n) is 2.31. The van der Waals surface area contributed by atoms with Crippen molar-refractivity contribution in [1.29, 1.82) is 0 Å². The maximum atomic E-state index is 11.2. The first-order chi connectivity index (χ1) is 12.5. The molecule has 0 bridgehead atoms. The van der Waals surface area contributed by atoms with Crippen LogP contribution in [0.5, 0.6) is 0 Å². The second kappa shape index (κ2) is 6.97. The van der Waals surface area contributed by atoms with Gasteiger partial charge in [0.2, 0.25) is 0 Å². The maximum Gasteiger partial charge on any atom is 0.299 e. The third kappa shape index (κ3) is 3.48. The zero-order chi connectivity index (χ0) is 18.7. The van der Waals surface area contributed by atoms with E-state index in [1.807, 2.05) is 30.3 Å². The second-order valence-corrected chi connectivity index (χ2v) is 5.41. The Morgan fingerprint density at radius 2 is 1.81 bits per heavy atom. The Labute approximate surface area is 146 Å². The standard InChI is InChI=1S/C16H13N5O5/c1-10(15-18-16(26-19-15)11-5-3-2-4-6-11)17-13-8-7-12(20(22)23)9-14(13)21(24)25/h2-10,17H,1H3. The number of rotatable bonds is 6. The minimum atomic E-state index is -0.689. The van der Waals surface area contributed by atoms with E-state index in [0.29, 0.717) is 11.7 Å². The van der Waals surface area contributed by atoms with Gasteiger partial charge in [0.1, 0.15) is 5.69 Å². The summed E-state index contributed by atoms with van der Waals surface area (Å²) in [6, 6.07) is 12.0. The van der Waals surface area contributed by atoms with Gasteiger partial charge in [-0.05, 0) is 25.1 Å². The van der Waals surface area contributed by atoms with Crippen LogP contribution in [0, 0.1) is 20.2 Å². The average molecular weight is 355 g/mol. The van der Waals surface area contributed by atoms with Gasteiger partial charge in [0, 0.05) is 11.6 Å². The Morgan fingerprint density at radius 3 is 2.46 bits per heavy atom. The molecule has 3 aromatic rings. The minimum absolute atomic E-state index is 0.124. The number of hydrogen-bond acceptors (Lipinski definition) is 8. The number of non-ortho nitro benzene ring substituents is 1. The van der Waals surface area contributed by atoms with Gasteiger partial charge in [-0.1, -0.05) is 23.4 Å². The van der Waals surface area contributed by atoms with Gasteiger partial charge in [-0.3, -0.25) is 20.2 Å². The molecule has 0 saturated heterocycles. The topological polar surface area (TPSA) is 137 Å². The van der Waals surface area contributed by atoms with Crippen molar-refractivity contribution >= 4 is 17.1 Å². The molecule has 10 heteroatoms. The first-order valence-electron chi connectivity index (χ1n) is 7.54. The number of nitro benzene ring substituents is 2. The van der Waals surface area contributed by atoms with Gasteiger partial charge in [0.15, 0.2) is 5.82 Å². The number of hydrogen-bond donors (Lipinski definition) is 1. The molecule has 26 heavy (non-hydrogen) atoms. The van der Waals surface area contributed by atoms with Crippen molar-refractivity contribution in [3.63, 3.8) is 0 Å². The molecule has 1 heterocycles. The molecule has 0 aliphatic rings. The summed E-state index contributed by atoms with van der Waals surface area (Å²) in [5, 5.41) is 28.8. The fourth-order valence-corrected chi connectivity index (χ4v) is 2.31. The Balaban J connectivity index is 1.84. The summed E-state index contributed by atoms with van der Waals surface area (Å²) in [5.41, 5.74) is 0.109. The summed E-state index contributed by atoms with van der Waals surface area (Å²) >= 11 is 0. The van der Waals surface area contributed by atoms with E-state index in [4.69, 9.17) is 4.52 Å². The Hall–Kier alpha value is -3.82. The van der Waals surface area contributed by atoms with Crippen LogP contribution in [0.2, 0.25) is 0 Å². The highest BCUT2D eigenvalue weighted by Gasteiger charge is 2.22. The van der Waals surface area contributed by atoms with E-state index in [1.54, 1.807) is 6.92 Å². The van der Waals surface area contributed by atoms with E-state index in [0.717, 1.165) is 11.6 Å². The lowest BCUT2D eigenvalue weighted by atomic mass is 10.2. The molecule has 0 fully saturated rings. The second-order valence-electron chi connectivity index (χ2n) is 5.41. The van der Waals surface area contributed by atoms with Crippen molar-refractivity contribution in [1.82, 2.24) is 10.1 Å². The van der Waals surface area contributed by atoms with E-state index in [-0.39, 0.29) is 11.4 Å². The maximum absolute atomic E-state index is 11.2. The average Bonchev–Trinajstić information content (AvgIpc) is 3.12. The van der Waals surface area contributed by atoms with Gasteiger partial charge >= 0.3 is 0 Å². The van der Waals surface area contributed by atoms with Crippen molar-refractivity contribution in [2.75, 3.05) is 5.32 Å². The number of aromatic nitrogens is 2. The zero-order valence-electron chi connectivity index (χ0n) is 13.5. The van der Waals surface area contributed by atoms with Gasteiger partial charge in [-0.25, -0.2) is 0 Å². The van der Waals surface area contributed by atoms with Crippen molar-refractivity contribution in [2.24, 2.45) is 0 Å². The van der Waals surface area contributed by atoms with E-state index < -0.39 is 21.6 Å². The van der Waals surface area contributed by atoms with Crippen LogP contribution in [0.4, 0.5) is 17.1 Å². The third-order valence-electron chi connectivity index (χ3n) is 3.61. The smallest absolute Gasteiger partial charge is 0.299 e. The first kappa shape index (κ1) is 17.0. The predicted molar refractivity (Wildman–Crippen MR) is 91.5 cm³/mol. The van der Waals surface area contributed by atoms with E-state index in [2.05, 4.69) is 15.5 Å². The first-order valence-corrected chi connectivity index (χ1v) is 7.54. The minimum Gasteiger partial charge on any atom is -0.370 e. The van der Waals surface area contributed by atoms with Crippen molar-refractivity contribution in [2.45, 2.75) is 13.0 Å². The molecule has 132 valence electrons. The number of nitrogens with zero attached hydrogens (tertiary/aromatic N) is 4. The van der Waals surface area contributed by atoms with Gasteiger partial charge in [0.25, 0.3) is 17.3 Å². The summed E-state index contributed by atoms with van der Waals surface area (Å²) in [5.74, 6) is 0.629. The van der Waals surface area contributed by atoms with Crippen LogP contribution < -0.4 is 5.32 Å². The lowest BCUT2D eigenvalue weighted by Crippen LogP contribution is -2.10. The van der Waals surface area contributed by atoms with Crippen LogP contribution in [0.15, 0.2) is 53.1 Å². The molecule has 0 aliphatic carbocycles. The van der Waals surface area contributed by atoms with Crippen LogP contribution in [-0.4, -0.2) is 20.0 Å². The third-order valence-corrected chi connectivity index (χ3v) is 3.61. The molecule has 1 unspecified atom stereocenters. The van der Waals surface area contributed by atoms with Crippen molar-refractivity contribution < 1.29 is 14.4 Å². The normalized spacial score (nSPS) is 11.7. The molecule has 1 N–H and O–H groups in total. The largest absolute Gasteiger partial charge is 0.370 e. The molecule has 0 radical (unpaired) electrons. The number of nitrogens with one attached hydrogen (secondary N) is 1. The van der Waals surface area contributed by atoms with E-state index in [1.165, 1.54) is 12.1 Å². The molecule has 0 saturated carbocycles. The monoisotopic (exact) mass is 355 g/mol. The molecule has 0 amide bonds. The molecule has 1 atom stereocenters. The van der Waals surface area contributed by atoms with E-state index in [9.17, 15) is 20.2 Å². The Bertz CT molecular complexity index is 957. The fraction of sp³-hybridized carbons (Fsp3) is 0.125. The van der Waals surface area contributed by atoms with E-state index >= 15 is 0 Å². The predicted octanol–water partition coefficient (Wildman–Crippen LogP) is 3.73. The Kier molecular flexibility index (Phi) is 4.56. The highest BCUT2D eigenvalue weighted by atomic mass is 16.6. The van der Waals surface area contributed by atoms with Crippen LogP contribution in [0.1, 0.15) is 18.8 Å². The summed E-state index contributed by atoms with van der Waals surface area (Å²) < 4.78 is 5.21. The van der Waals surface area contributed by atoms with Crippen LogP contribution in [0.25, 0.3) is 11.5 Å². The molecule has 1 aromatic heterocycles. The molecular formula is C16H13N5O5. The summed E-state index contributed by atoms with van der Waals surface area (Å²) in [4.78, 5) is 24.9. The lowest BCUT2D eigenvalue weighted by Gasteiger charge is -2.11. The number of benzene rings is 2. The molecule has 0 spiro atoms. The highest BCUT2D eigenvalue weighted by Crippen LogP contribution is 2.31. The van der Waals surface area contributed by atoms with Crippen LogP contribution in [-0.2, 0) is 0 Å². The van der Waals surface area contributed by atoms with Gasteiger partial charge in [-0.2, -0.15) is 4.98 Å². The quantitative estimate of drug-likeness (QED) is 0.521. The van der Waals surface area contributed by atoms with Gasteiger partial charge in [0.05, 0.1) is 22.0 Å². The molecule has 2 aromatic carbocycles. The molecular weight excluding hydrogens is 342 g/mol. The molecule has 0 aliphatic heterocycles. The molecule has 3 rings (SSSR count). The van der Waals surface area contributed by atoms with Crippen LogP contribution >= 0.6 is 0 Å². The van der Waals surface area contributed by atoms with Gasteiger partial charge in [-0.15, -0.1) is 0 Å². The van der Waals surface area contributed by atoms with Crippen molar-refractivity contribution in [3.05, 3.63) is 74.6 Å². The highest BCUT2D eigenvalue weighted by molar-refractivity contribution is 5.65. The molecule has 10 nitrogen and oxygen atoms in total. The zero-order valence-corrected chi connectivity index (χ0v) is 13.5. The van der Waals surface area contributed by atoms with Gasteiger partial charge < -0.3 is 9.84 Å². The lowest BCUT2D eigenvalue weighted by molar-refractivity contribution is -0.393. The number of nitro groups is 2. The summed E-state index contributed by atoms with van der Waals surface area (Å²) in [7, 11) is 0.